The molecule has 2 aliphatic rings. The third kappa shape index (κ3) is 3.96. The maximum absolute atomic E-state index is 12.7. The van der Waals surface area contributed by atoms with Crippen LogP contribution in [0.2, 0.25) is 5.02 Å². The van der Waals surface area contributed by atoms with Crippen molar-refractivity contribution in [3.8, 4) is 0 Å². The molecule has 0 radical (unpaired) electrons. The summed E-state index contributed by atoms with van der Waals surface area (Å²) < 4.78 is 0. The van der Waals surface area contributed by atoms with E-state index in [0.717, 1.165) is 10.9 Å². The lowest BCUT2D eigenvalue weighted by atomic mass is 9.86. The Balaban J connectivity index is 1.60. The van der Waals surface area contributed by atoms with Gasteiger partial charge < -0.3 is 4.90 Å². The predicted molar refractivity (Wildman–Crippen MR) is 91.3 cm³/mol. The second kappa shape index (κ2) is 7.22. The van der Waals surface area contributed by atoms with Gasteiger partial charge in [0.05, 0.1) is 10.8 Å². The molecule has 0 aromatic carbocycles. The molecule has 0 aliphatic heterocycles. The lowest BCUT2D eigenvalue weighted by molar-refractivity contribution is -0.132. The van der Waals surface area contributed by atoms with E-state index in [-0.39, 0.29) is 5.91 Å². The molecule has 120 valence electrons. The summed E-state index contributed by atoms with van der Waals surface area (Å²) in [4.78, 5) is 19.2. The van der Waals surface area contributed by atoms with Crippen molar-refractivity contribution < 1.29 is 4.79 Å². The van der Waals surface area contributed by atoms with E-state index < -0.39 is 0 Å². The summed E-state index contributed by atoms with van der Waals surface area (Å²) in [6.07, 6.45) is 8.90. The van der Waals surface area contributed by atoms with Crippen LogP contribution in [-0.2, 0) is 4.79 Å². The first-order chi connectivity index (χ1) is 10.6. The van der Waals surface area contributed by atoms with Crippen molar-refractivity contribution in [1.29, 1.82) is 0 Å². The van der Waals surface area contributed by atoms with Crippen LogP contribution in [0.15, 0.2) is 23.4 Å². The highest BCUT2D eigenvalue weighted by Crippen LogP contribution is 2.36. The highest BCUT2D eigenvalue weighted by molar-refractivity contribution is 8.00. The molecule has 2 aliphatic carbocycles. The van der Waals surface area contributed by atoms with E-state index in [2.05, 4.69) is 16.8 Å². The quantitative estimate of drug-likeness (QED) is 0.746. The van der Waals surface area contributed by atoms with Gasteiger partial charge in [0.25, 0.3) is 0 Å². The molecule has 0 N–H and O–H groups in total. The van der Waals surface area contributed by atoms with Gasteiger partial charge >= 0.3 is 0 Å². The van der Waals surface area contributed by atoms with Gasteiger partial charge in [0.15, 0.2) is 0 Å². The van der Waals surface area contributed by atoms with Crippen molar-refractivity contribution in [1.82, 2.24) is 9.88 Å². The van der Waals surface area contributed by atoms with E-state index >= 15 is 0 Å². The number of aromatic nitrogens is 1. The van der Waals surface area contributed by atoms with Crippen LogP contribution in [-0.4, -0.2) is 33.6 Å². The summed E-state index contributed by atoms with van der Waals surface area (Å²) in [5.41, 5.74) is 0. The topological polar surface area (TPSA) is 33.2 Å². The van der Waals surface area contributed by atoms with E-state index in [4.69, 9.17) is 11.6 Å². The summed E-state index contributed by atoms with van der Waals surface area (Å²) >= 11 is 7.58. The fraction of sp³-hybridized carbons (Fsp3) is 0.647. The molecule has 2 fully saturated rings. The van der Waals surface area contributed by atoms with E-state index in [1.54, 1.807) is 6.20 Å². The zero-order valence-electron chi connectivity index (χ0n) is 13.0. The van der Waals surface area contributed by atoms with Gasteiger partial charge in [0.2, 0.25) is 5.91 Å². The van der Waals surface area contributed by atoms with Crippen molar-refractivity contribution >= 4 is 29.3 Å². The molecule has 22 heavy (non-hydrogen) atoms. The van der Waals surface area contributed by atoms with E-state index in [1.807, 2.05) is 12.1 Å². The van der Waals surface area contributed by atoms with Crippen LogP contribution in [0.25, 0.3) is 0 Å². The van der Waals surface area contributed by atoms with Crippen LogP contribution in [0.1, 0.15) is 45.4 Å². The van der Waals surface area contributed by atoms with Gasteiger partial charge in [-0.05, 0) is 56.6 Å². The van der Waals surface area contributed by atoms with Crippen molar-refractivity contribution in [2.45, 2.75) is 62.6 Å². The highest BCUT2D eigenvalue weighted by atomic mass is 35.5. The Morgan fingerprint density at radius 2 is 1.91 bits per heavy atom. The normalized spacial score (nSPS) is 25.0. The average Bonchev–Trinajstić information content (AvgIpc) is 3.33. The fourth-order valence-electron chi connectivity index (χ4n) is 3.26. The van der Waals surface area contributed by atoms with Crippen LogP contribution in [0.5, 0.6) is 0 Å². The number of carbonyl (C=O) groups excluding carboxylic acids is 1. The van der Waals surface area contributed by atoms with E-state index in [0.29, 0.717) is 22.9 Å². The molecule has 0 atom stereocenters. The van der Waals surface area contributed by atoms with Crippen molar-refractivity contribution in [2.24, 2.45) is 5.92 Å². The molecular weight excluding hydrogens is 316 g/mol. The number of hydrogen-bond acceptors (Lipinski definition) is 3. The Morgan fingerprint density at radius 1 is 1.27 bits per heavy atom. The zero-order valence-corrected chi connectivity index (χ0v) is 14.6. The van der Waals surface area contributed by atoms with Gasteiger partial charge in [-0.1, -0.05) is 30.3 Å². The van der Waals surface area contributed by atoms with Crippen LogP contribution >= 0.6 is 23.4 Å². The van der Waals surface area contributed by atoms with Crippen LogP contribution < -0.4 is 0 Å². The molecule has 0 saturated heterocycles. The van der Waals surface area contributed by atoms with Crippen LogP contribution in [0.3, 0.4) is 0 Å². The van der Waals surface area contributed by atoms with Gasteiger partial charge in [-0.25, -0.2) is 4.98 Å². The monoisotopic (exact) mass is 338 g/mol. The number of rotatable bonds is 5. The lowest BCUT2D eigenvalue weighted by Crippen LogP contribution is -2.44. The SMILES string of the molecule is CC1CCC(N(C(=O)CSc2ncccc2Cl)C2CC2)CC1. The van der Waals surface area contributed by atoms with Crippen molar-refractivity contribution in [3.05, 3.63) is 23.4 Å². The number of pyridine rings is 1. The maximum Gasteiger partial charge on any atom is 0.233 e. The Kier molecular flexibility index (Phi) is 5.29. The number of nitrogens with zero attached hydrogens (tertiary/aromatic N) is 2. The summed E-state index contributed by atoms with van der Waals surface area (Å²) in [6, 6.07) is 4.58. The largest absolute Gasteiger partial charge is 0.336 e. The van der Waals surface area contributed by atoms with Gasteiger partial charge in [0.1, 0.15) is 5.03 Å². The number of thioether (sulfide) groups is 1. The van der Waals surface area contributed by atoms with Gasteiger partial charge in [-0.15, -0.1) is 0 Å². The molecule has 2 saturated carbocycles. The lowest BCUT2D eigenvalue weighted by Gasteiger charge is -2.36. The summed E-state index contributed by atoms with van der Waals surface area (Å²) in [7, 11) is 0. The first-order valence-electron chi connectivity index (χ1n) is 8.19. The second-order valence-electron chi connectivity index (χ2n) is 6.52. The molecule has 5 heteroatoms. The number of hydrogen-bond donors (Lipinski definition) is 0. The molecule has 1 amide bonds. The minimum atomic E-state index is 0.258. The standard InChI is InChI=1S/C17H23ClN2OS/c1-12-4-6-13(7-5-12)20(14-8-9-14)16(21)11-22-17-15(18)3-2-10-19-17/h2-3,10,12-14H,4-9,11H2,1H3. The number of carbonyl (C=O) groups is 1. The third-order valence-corrected chi connectivity index (χ3v) is 6.07. The Hall–Kier alpha value is -0.740. The van der Waals surface area contributed by atoms with Gasteiger partial charge in [0, 0.05) is 18.3 Å². The van der Waals surface area contributed by atoms with E-state index in [1.165, 1.54) is 50.3 Å². The summed E-state index contributed by atoms with van der Waals surface area (Å²) in [6.45, 7) is 2.32. The molecule has 1 aromatic heterocycles. The number of amides is 1. The molecule has 1 aromatic rings. The third-order valence-electron chi connectivity index (χ3n) is 4.66. The molecule has 0 bridgehead atoms. The molecule has 3 nitrogen and oxygen atoms in total. The molecule has 0 spiro atoms. The number of halogens is 1. The smallest absolute Gasteiger partial charge is 0.233 e. The molecular formula is C17H23ClN2OS. The van der Waals surface area contributed by atoms with Gasteiger partial charge in [-0.2, -0.15) is 0 Å². The van der Waals surface area contributed by atoms with E-state index in [9.17, 15) is 4.79 Å². The van der Waals surface area contributed by atoms with Crippen LogP contribution in [0, 0.1) is 5.92 Å². The predicted octanol–water partition coefficient (Wildman–Crippen LogP) is 4.40. The van der Waals surface area contributed by atoms with Crippen LogP contribution in [0.4, 0.5) is 0 Å². The van der Waals surface area contributed by atoms with Crippen molar-refractivity contribution in [3.63, 3.8) is 0 Å². The fourth-order valence-corrected chi connectivity index (χ4v) is 4.30. The highest BCUT2D eigenvalue weighted by Gasteiger charge is 2.38. The summed E-state index contributed by atoms with van der Waals surface area (Å²) in [5, 5.41) is 1.38. The second-order valence-corrected chi connectivity index (χ2v) is 7.90. The minimum absolute atomic E-state index is 0.258. The molecule has 0 unspecified atom stereocenters. The zero-order chi connectivity index (χ0) is 15.5. The summed E-state index contributed by atoms with van der Waals surface area (Å²) in [5.74, 6) is 1.52. The average molecular weight is 339 g/mol. The maximum atomic E-state index is 12.7. The Labute approximate surface area is 141 Å². The Bertz CT molecular complexity index is 527. The molecule has 3 rings (SSSR count). The molecule has 1 heterocycles. The minimum Gasteiger partial charge on any atom is -0.336 e. The van der Waals surface area contributed by atoms with Crippen molar-refractivity contribution in [2.75, 3.05) is 5.75 Å². The first-order valence-corrected chi connectivity index (χ1v) is 9.56. The Morgan fingerprint density at radius 3 is 2.50 bits per heavy atom. The van der Waals surface area contributed by atoms with Gasteiger partial charge in [-0.3, -0.25) is 4.79 Å². The first kappa shape index (κ1) is 16.1.